The van der Waals surface area contributed by atoms with Crippen molar-refractivity contribution in [2.75, 3.05) is 11.9 Å². The van der Waals surface area contributed by atoms with Crippen LogP contribution < -0.4 is 10.6 Å². The first kappa shape index (κ1) is 26.6. The highest BCUT2D eigenvalue weighted by Gasteiger charge is 2.41. The average Bonchev–Trinajstić information content (AvgIpc) is 3.41. The second kappa shape index (κ2) is 11.4. The van der Waals surface area contributed by atoms with E-state index in [1.165, 1.54) is 22.5 Å². The zero-order valence-corrected chi connectivity index (χ0v) is 23.6. The van der Waals surface area contributed by atoms with Crippen molar-refractivity contribution in [1.29, 1.82) is 0 Å². The van der Waals surface area contributed by atoms with Crippen LogP contribution >= 0.6 is 12.2 Å². The number of nitrogens with one attached hydrogen (secondary N) is 2. The second-order valence-electron chi connectivity index (χ2n) is 10.2. The number of carbonyl (C=O) groups excluding carboxylic acids is 1. The zero-order chi connectivity index (χ0) is 27.5. The third kappa shape index (κ3) is 5.71. The number of thiocarbonyl (C=S) groups is 1. The van der Waals surface area contributed by atoms with Crippen molar-refractivity contribution < 1.29 is 4.79 Å². The van der Waals surface area contributed by atoms with Gasteiger partial charge in [0.25, 0.3) is 0 Å². The maximum Gasteiger partial charge on any atom is 0.226 e. The smallest absolute Gasteiger partial charge is 0.226 e. The first-order chi connectivity index (χ1) is 18.8. The summed E-state index contributed by atoms with van der Waals surface area (Å²) in [6, 6.07) is 18.1. The molecule has 0 unspecified atom stereocenters. The van der Waals surface area contributed by atoms with Crippen molar-refractivity contribution in [3.05, 3.63) is 113 Å². The zero-order valence-electron chi connectivity index (χ0n) is 22.8. The molecule has 1 aliphatic rings. The fourth-order valence-corrected chi connectivity index (χ4v) is 5.66. The average molecular weight is 539 g/mol. The number of carbonyl (C=O) groups is 1. The lowest BCUT2D eigenvalue weighted by Crippen LogP contribution is -2.33. The van der Waals surface area contributed by atoms with Gasteiger partial charge in [0.1, 0.15) is 0 Å². The van der Waals surface area contributed by atoms with Crippen molar-refractivity contribution in [1.82, 2.24) is 24.8 Å². The van der Waals surface area contributed by atoms with Gasteiger partial charge in [0.15, 0.2) is 5.11 Å². The summed E-state index contributed by atoms with van der Waals surface area (Å²) in [6.45, 7) is 9.57. The summed E-state index contributed by atoms with van der Waals surface area (Å²) in [4.78, 5) is 24.0. The van der Waals surface area contributed by atoms with Crippen molar-refractivity contribution in [2.45, 2.75) is 52.7 Å². The molecule has 4 aromatic rings. The molecule has 0 radical (unpaired) electrons. The third-order valence-corrected chi connectivity index (χ3v) is 7.82. The van der Waals surface area contributed by atoms with Gasteiger partial charge in [-0.25, -0.2) is 0 Å². The third-order valence-electron chi connectivity index (χ3n) is 7.47. The molecule has 1 saturated heterocycles. The molecule has 1 amide bonds. The first-order valence-corrected chi connectivity index (χ1v) is 13.6. The Bertz CT molecular complexity index is 1480. The highest BCUT2D eigenvalue weighted by Crippen LogP contribution is 2.41. The van der Waals surface area contributed by atoms with E-state index in [-0.39, 0.29) is 18.0 Å². The standard InChI is InChI=1S/C31H34N6OS/c1-20-8-9-21(2)27(17-20)34-28(38)12-16-36-30(29(35-31(36)39)26-7-5-6-13-33-26)25-18-22(3)37(23(25)4)19-24-10-14-32-15-11-24/h5-11,13-15,17-18,29-30H,12,16,19H2,1-4H3,(H,34,38)(H,35,39)/t29-,30-/m0/s1. The van der Waals surface area contributed by atoms with Crippen molar-refractivity contribution in [2.24, 2.45) is 0 Å². The summed E-state index contributed by atoms with van der Waals surface area (Å²) in [6.07, 6.45) is 5.78. The normalized spacial score (nSPS) is 16.8. The number of aromatic nitrogens is 3. The number of nitrogens with zero attached hydrogens (tertiary/aromatic N) is 4. The van der Waals surface area contributed by atoms with E-state index in [2.05, 4.69) is 50.0 Å². The van der Waals surface area contributed by atoms with Gasteiger partial charge < -0.3 is 20.1 Å². The van der Waals surface area contributed by atoms with Gasteiger partial charge in [-0.2, -0.15) is 0 Å². The van der Waals surface area contributed by atoms with Crippen LogP contribution in [0.15, 0.2) is 73.2 Å². The molecule has 7 nitrogen and oxygen atoms in total. The van der Waals surface area contributed by atoms with Crippen LogP contribution in [0.4, 0.5) is 5.69 Å². The van der Waals surface area contributed by atoms with E-state index < -0.39 is 0 Å². The molecule has 0 saturated carbocycles. The summed E-state index contributed by atoms with van der Waals surface area (Å²) in [5.41, 5.74) is 8.65. The Kier molecular flexibility index (Phi) is 7.74. The summed E-state index contributed by atoms with van der Waals surface area (Å²) in [5.74, 6) is -0.0327. The van der Waals surface area contributed by atoms with Gasteiger partial charge in [-0.1, -0.05) is 18.2 Å². The first-order valence-electron chi connectivity index (χ1n) is 13.2. The molecule has 1 fully saturated rings. The molecule has 0 bridgehead atoms. The molecule has 5 rings (SSSR count). The lowest BCUT2D eigenvalue weighted by molar-refractivity contribution is -0.116. The number of aryl methyl sites for hydroxylation is 3. The molecule has 3 aromatic heterocycles. The largest absolute Gasteiger partial charge is 0.352 e. The lowest BCUT2D eigenvalue weighted by atomic mass is 9.96. The molecule has 0 spiro atoms. The molecule has 4 heterocycles. The molecular formula is C31H34N6OS. The van der Waals surface area contributed by atoms with Gasteiger partial charge >= 0.3 is 0 Å². The number of pyridine rings is 2. The van der Waals surface area contributed by atoms with Crippen LogP contribution in [0.5, 0.6) is 0 Å². The molecule has 1 aromatic carbocycles. The van der Waals surface area contributed by atoms with Crippen LogP contribution in [0.3, 0.4) is 0 Å². The van der Waals surface area contributed by atoms with Gasteiger partial charge in [0.05, 0.1) is 17.8 Å². The van der Waals surface area contributed by atoms with Gasteiger partial charge in [0.2, 0.25) is 5.91 Å². The predicted molar refractivity (Wildman–Crippen MR) is 159 cm³/mol. The molecule has 2 N–H and O–H groups in total. The number of anilines is 1. The van der Waals surface area contributed by atoms with Crippen LogP contribution in [-0.4, -0.2) is 37.0 Å². The van der Waals surface area contributed by atoms with E-state index in [1.807, 2.05) is 81.0 Å². The van der Waals surface area contributed by atoms with Gasteiger partial charge in [-0.05, 0) is 98.6 Å². The molecule has 0 aliphatic carbocycles. The molecule has 8 heteroatoms. The van der Waals surface area contributed by atoms with E-state index in [0.717, 1.165) is 29.1 Å². The topological polar surface area (TPSA) is 75.1 Å². The summed E-state index contributed by atoms with van der Waals surface area (Å²) in [7, 11) is 0. The number of hydrogen-bond acceptors (Lipinski definition) is 4. The van der Waals surface area contributed by atoms with Crippen molar-refractivity contribution in [3.63, 3.8) is 0 Å². The number of benzene rings is 1. The molecule has 200 valence electrons. The fraction of sp³-hybridized carbons (Fsp3) is 0.290. The minimum atomic E-state index is -0.129. The fourth-order valence-electron chi connectivity index (χ4n) is 5.33. The highest BCUT2D eigenvalue weighted by atomic mass is 32.1. The predicted octanol–water partition coefficient (Wildman–Crippen LogP) is 5.56. The van der Waals surface area contributed by atoms with Crippen LogP contribution in [-0.2, 0) is 11.3 Å². The number of hydrogen-bond donors (Lipinski definition) is 2. The molecule has 2 atom stereocenters. The SMILES string of the molecule is Cc1ccc(C)c(NC(=O)CCN2C(=S)N[C@@H](c3ccccn3)[C@@H]2c2cc(C)n(Cc3ccncc3)c2C)c1. The van der Waals surface area contributed by atoms with Gasteiger partial charge in [-0.15, -0.1) is 0 Å². The quantitative estimate of drug-likeness (QED) is 0.286. The Morgan fingerprint density at radius 1 is 1.03 bits per heavy atom. The van der Waals surface area contributed by atoms with Gasteiger partial charge in [0, 0.05) is 55.2 Å². The van der Waals surface area contributed by atoms with Crippen molar-refractivity contribution >= 4 is 28.9 Å². The minimum absolute atomic E-state index is 0.0327. The van der Waals surface area contributed by atoms with E-state index in [0.29, 0.717) is 18.1 Å². The van der Waals surface area contributed by atoms with E-state index in [9.17, 15) is 4.79 Å². The maximum atomic E-state index is 13.0. The Labute approximate surface area is 235 Å². The Hall–Kier alpha value is -4.04. The Balaban J connectivity index is 1.43. The number of rotatable bonds is 8. The van der Waals surface area contributed by atoms with Crippen molar-refractivity contribution in [3.8, 4) is 0 Å². The number of amides is 1. The van der Waals surface area contributed by atoms with Crippen LogP contribution in [0.1, 0.15) is 57.8 Å². The summed E-state index contributed by atoms with van der Waals surface area (Å²) >= 11 is 5.84. The highest BCUT2D eigenvalue weighted by molar-refractivity contribution is 7.80. The molecule has 1 aliphatic heterocycles. The van der Waals surface area contributed by atoms with Crippen LogP contribution in [0, 0.1) is 27.7 Å². The summed E-state index contributed by atoms with van der Waals surface area (Å²) < 4.78 is 2.33. The van der Waals surface area contributed by atoms with Crippen LogP contribution in [0.25, 0.3) is 0 Å². The summed E-state index contributed by atoms with van der Waals surface area (Å²) in [5, 5.41) is 7.23. The van der Waals surface area contributed by atoms with Gasteiger partial charge in [-0.3, -0.25) is 14.8 Å². The maximum absolute atomic E-state index is 13.0. The second-order valence-corrected chi connectivity index (χ2v) is 10.6. The molecule has 39 heavy (non-hydrogen) atoms. The lowest BCUT2D eigenvalue weighted by Gasteiger charge is -2.28. The minimum Gasteiger partial charge on any atom is -0.352 e. The van der Waals surface area contributed by atoms with E-state index in [4.69, 9.17) is 12.2 Å². The molecular weight excluding hydrogens is 504 g/mol. The van der Waals surface area contributed by atoms with E-state index in [1.54, 1.807) is 0 Å². The van der Waals surface area contributed by atoms with E-state index >= 15 is 0 Å². The Morgan fingerprint density at radius 3 is 2.56 bits per heavy atom. The van der Waals surface area contributed by atoms with Crippen LogP contribution in [0.2, 0.25) is 0 Å². The monoisotopic (exact) mass is 538 g/mol. The Morgan fingerprint density at radius 2 is 1.82 bits per heavy atom.